The lowest BCUT2D eigenvalue weighted by Gasteiger charge is -2.30. The summed E-state index contributed by atoms with van der Waals surface area (Å²) in [6.07, 6.45) is 2.19. The van der Waals surface area contributed by atoms with Gasteiger partial charge in [-0.3, -0.25) is 9.59 Å². The molecule has 41 heavy (non-hydrogen) atoms. The molecule has 0 saturated carbocycles. The lowest BCUT2D eigenvalue weighted by atomic mass is 9.80. The molecule has 2 rings (SSSR count). The average Bonchev–Trinajstić information content (AvgIpc) is 2.89. The molecule has 0 aromatic heterocycles. The Balaban J connectivity index is 2.30. The molecule has 0 radical (unpaired) electrons. The van der Waals surface area contributed by atoms with E-state index in [4.69, 9.17) is 9.47 Å². The number of hydrogen-bond acceptors (Lipinski definition) is 8. The smallest absolute Gasteiger partial charge is 0.488 e. The molecule has 0 aliphatic rings. The lowest BCUT2D eigenvalue weighted by Crippen LogP contribution is -2.48. The molecule has 2 aromatic rings. The van der Waals surface area contributed by atoms with Gasteiger partial charge < -0.3 is 29.9 Å². The molecule has 0 aliphatic carbocycles. The van der Waals surface area contributed by atoms with Crippen LogP contribution in [0, 0.1) is 17.8 Å². The van der Waals surface area contributed by atoms with Gasteiger partial charge in [0.05, 0.1) is 18.9 Å². The molecule has 0 heterocycles. The summed E-state index contributed by atoms with van der Waals surface area (Å²) in [6, 6.07) is 12.2. The van der Waals surface area contributed by atoms with E-state index in [1.165, 1.54) is 19.2 Å². The zero-order valence-electron chi connectivity index (χ0n) is 24.9. The Labute approximate surface area is 243 Å². The lowest BCUT2D eigenvalue weighted by molar-refractivity contribution is -0.164. The van der Waals surface area contributed by atoms with Crippen molar-refractivity contribution in [3.63, 3.8) is 0 Å². The third-order valence-corrected chi connectivity index (χ3v) is 6.69. The van der Waals surface area contributed by atoms with Crippen molar-refractivity contribution in [2.45, 2.75) is 78.4 Å². The molecule has 0 saturated heterocycles. The number of rotatable bonds is 14. The van der Waals surface area contributed by atoms with Gasteiger partial charge in [-0.2, -0.15) is 0 Å². The molecule has 9 nitrogen and oxygen atoms in total. The van der Waals surface area contributed by atoms with Crippen molar-refractivity contribution in [2.75, 3.05) is 7.11 Å². The Kier molecular flexibility index (Phi) is 12.9. The predicted octanol–water partition coefficient (Wildman–Crippen LogP) is 2.92. The van der Waals surface area contributed by atoms with E-state index in [-0.39, 0.29) is 18.1 Å². The van der Waals surface area contributed by atoms with Gasteiger partial charge in [-0.15, -0.1) is 0 Å². The molecule has 2 aromatic carbocycles. The predicted molar refractivity (Wildman–Crippen MR) is 157 cm³/mol. The highest BCUT2D eigenvalue weighted by atomic mass is 16.6. The van der Waals surface area contributed by atoms with E-state index in [9.17, 15) is 29.5 Å². The van der Waals surface area contributed by atoms with Crippen LogP contribution >= 0.6 is 0 Å². The molecular weight excluding hydrogens is 525 g/mol. The third kappa shape index (κ3) is 11.6. The molecule has 0 spiro atoms. The molecule has 0 bridgehead atoms. The number of amides is 1. The number of benzene rings is 2. The van der Waals surface area contributed by atoms with Gasteiger partial charge >= 0.3 is 19.1 Å². The fourth-order valence-corrected chi connectivity index (χ4v) is 4.69. The second-order valence-corrected chi connectivity index (χ2v) is 11.8. The molecule has 224 valence electrons. The Morgan fingerprint density at radius 3 is 2.00 bits per heavy atom. The molecule has 0 unspecified atom stereocenters. The van der Waals surface area contributed by atoms with Crippen LogP contribution in [0.3, 0.4) is 0 Å². The second-order valence-electron chi connectivity index (χ2n) is 11.8. The van der Waals surface area contributed by atoms with E-state index in [2.05, 4.69) is 5.32 Å². The van der Waals surface area contributed by atoms with Gasteiger partial charge in [-0.25, -0.2) is 4.79 Å². The van der Waals surface area contributed by atoms with E-state index in [1.807, 2.05) is 26.0 Å². The Hall–Kier alpha value is -3.37. The fourth-order valence-electron chi connectivity index (χ4n) is 4.69. The van der Waals surface area contributed by atoms with E-state index in [1.54, 1.807) is 45.0 Å². The molecule has 3 atom stereocenters. The van der Waals surface area contributed by atoms with Gasteiger partial charge in [0.25, 0.3) is 0 Å². The minimum atomic E-state index is -1.62. The molecule has 0 aliphatic heterocycles. The van der Waals surface area contributed by atoms with Crippen LogP contribution in [0.4, 0.5) is 0 Å². The summed E-state index contributed by atoms with van der Waals surface area (Å²) in [5, 5.41) is 31.1. The van der Waals surface area contributed by atoms with Crippen LogP contribution in [-0.2, 0) is 36.7 Å². The average molecular weight is 570 g/mol. The van der Waals surface area contributed by atoms with Crippen molar-refractivity contribution in [2.24, 2.45) is 17.8 Å². The number of carbonyl (C=O) groups excluding carboxylic acids is 3. The van der Waals surface area contributed by atoms with E-state index >= 15 is 0 Å². The quantitative estimate of drug-likeness (QED) is 0.201. The van der Waals surface area contributed by atoms with Gasteiger partial charge in [-0.05, 0) is 81.1 Å². The summed E-state index contributed by atoms with van der Waals surface area (Å²) in [4.78, 5) is 40.0. The molecule has 0 fully saturated rings. The van der Waals surface area contributed by atoms with Crippen molar-refractivity contribution in [1.29, 1.82) is 0 Å². The van der Waals surface area contributed by atoms with Crippen molar-refractivity contribution in [3.05, 3.63) is 59.7 Å². The topological polar surface area (TPSA) is 142 Å². The van der Waals surface area contributed by atoms with Crippen LogP contribution in [0.25, 0.3) is 0 Å². The number of aryl methyl sites for hydroxylation is 1. The summed E-state index contributed by atoms with van der Waals surface area (Å²) < 4.78 is 10.7. The van der Waals surface area contributed by atoms with Crippen molar-refractivity contribution in [3.8, 4) is 5.75 Å². The maximum Gasteiger partial charge on any atom is 0.488 e. The van der Waals surface area contributed by atoms with Crippen LogP contribution < -0.4 is 10.8 Å². The Bertz CT molecular complexity index is 1130. The first-order valence-corrected chi connectivity index (χ1v) is 14.0. The van der Waals surface area contributed by atoms with Crippen LogP contribution in [0.2, 0.25) is 0 Å². The first-order valence-electron chi connectivity index (χ1n) is 14.0. The highest BCUT2D eigenvalue weighted by molar-refractivity contribution is 6.58. The second kappa shape index (κ2) is 15.6. The van der Waals surface area contributed by atoms with E-state index < -0.39 is 48.4 Å². The number of carbonyl (C=O) groups is 3. The van der Waals surface area contributed by atoms with E-state index in [0.717, 1.165) is 5.56 Å². The van der Waals surface area contributed by atoms with Gasteiger partial charge in [0.2, 0.25) is 5.91 Å². The summed E-state index contributed by atoms with van der Waals surface area (Å²) in [5.74, 6) is -2.75. The number of esters is 2. The maximum absolute atomic E-state index is 13.8. The van der Waals surface area contributed by atoms with Gasteiger partial charge in [-0.1, -0.05) is 50.2 Å². The van der Waals surface area contributed by atoms with E-state index in [0.29, 0.717) is 36.7 Å². The maximum atomic E-state index is 13.8. The van der Waals surface area contributed by atoms with Gasteiger partial charge in [0, 0.05) is 6.42 Å². The monoisotopic (exact) mass is 569 g/mol. The fraction of sp³-hybridized carbons (Fsp3) is 0.516. The standard InChI is InChI=1S/C31H44BNO8/c1-20(2)18-26(25(29(36)41-31(3,4)5)9-7-8-21-12-16-24(34)17-13-21)28(35)33-27(30(37)40-6)19-22-10-14-23(15-11-22)32(38)39/h10-17,20,25-27,34,38-39H,7-9,18-19H2,1-6H3,(H,33,35)/t25-,26+,27-/m0/s1. The summed E-state index contributed by atoms with van der Waals surface area (Å²) in [7, 11) is -0.374. The minimum Gasteiger partial charge on any atom is -0.508 e. The zero-order valence-corrected chi connectivity index (χ0v) is 24.9. The largest absolute Gasteiger partial charge is 0.508 e. The minimum absolute atomic E-state index is 0.0850. The summed E-state index contributed by atoms with van der Waals surface area (Å²) in [5.41, 5.74) is 1.25. The summed E-state index contributed by atoms with van der Waals surface area (Å²) in [6.45, 7) is 9.29. The van der Waals surface area contributed by atoms with Crippen LogP contribution in [0.15, 0.2) is 48.5 Å². The van der Waals surface area contributed by atoms with Crippen LogP contribution in [0.1, 0.15) is 65.0 Å². The first kappa shape index (κ1) is 33.8. The normalized spacial score (nSPS) is 13.7. The van der Waals surface area contributed by atoms with Crippen LogP contribution in [-0.4, -0.2) is 58.9 Å². The van der Waals surface area contributed by atoms with Crippen molar-refractivity contribution < 1.29 is 39.0 Å². The molecule has 4 N–H and O–H groups in total. The molecule has 10 heteroatoms. The molecule has 1 amide bonds. The number of phenolic OH excluding ortho intramolecular Hbond substituents is 1. The number of aromatic hydroxyl groups is 1. The number of methoxy groups -OCH3 is 1. The Morgan fingerprint density at radius 1 is 0.902 bits per heavy atom. The van der Waals surface area contributed by atoms with Gasteiger partial charge in [0.15, 0.2) is 0 Å². The highest BCUT2D eigenvalue weighted by Crippen LogP contribution is 2.29. The summed E-state index contributed by atoms with van der Waals surface area (Å²) >= 11 is 0. The number of ether oxygens (including phenoxy) is 2. The van der Waals surface area contributed by atoms with Crippen LogP contribution in [0.5, 0.6) is 5.75 Å². The number of phenols is 1. The molecular formula is C31H44BNO8. The Morgan fingerprint density at radius 2 is 1.49 bits per heavy atom. The SMILES string of the molecule is COC(=O)[C@H](Cc1ccc(B(O)O)cc1)NC(=O)[C@H](CC(C)C)[C@H](CCCc1ccc(O)cc1)C(=O)OC(C)(C)C. The van der Waals surface area contributed by atoms with Crippen molar-refractivity contribution in [1.82, 2.24) is 5.32 Å². The first-order chi connectivity index (χ1) is 19.2. The van der Waals surface area contributed by atoms with Gasteiger partial charge in [0.1, 0.15) is 17.4 Å². The number of hydrogen-bond donors (Lipinski definition) is 4. The highest BCUT2D eigenvalue weighted by Gasteiger charge is 2.38. The third-order valence-electron chi connectivity index (χ3n) is 6.69. The van der Waals surface area contributed by atoms with Crippen molar-refractivity contribution >= 4 is 30.4 Å². The zero-order chi connectivity index (χ0) is 30.7. The number of nitrogens with one attached hydrogen (secondary N) is 1.